The highest BCUT2D eigenvalue weighted by Gasteiger charge is 2.33. The monoisotopic (exact) mass is 470 g/mol. The van der Waals surface area contributed by atoms with E-state index in [2.05, 4.69) is 10.3 Å². The Balaban J connectivity index is 1.48. The number of primary sulfonamides is 1. The second-order valence-corrected chi connectivity index (χ2v) is 9.81. The Hall–Kier alpha value is -3.24. The van der Waals surface area contributed by atoms with Crippen LogP contribution in [0.2, 0.25) is 0 Å². The van der Waals surface area contributed by atoms with Crippen molar-refractivity contribution in [3.8, 4) is 11.5 Å². The fourth-order valence-electron chi connectivity index (χ4n) is 4.20. The summed E-state index contributed by atoms with van der Waals surface area (Å²) < 4.78 is 28.8. The summed E-state index contributed by atoms with van der Waals surface area (Å²) in [5.41, 5.74) is 1.98. The average Bonchev–Trinajstić information content (AvgIpc) is 3.45. The fraction of sp³-hybridized carbons (Fsp3) is 0.348. The highest BCUT2D eigenvalue weighted by molar-refractivity contribution is 7.89. The Kier molecular flexibility index (Phi) is 6.22. The standard InChI is InChI=1S/C23H26N4O5S/c1-3-25-21(28)16-8-9-17(12-16)27(2)23(29)15-6-4-14(5-7-15)22-26-19-13-18(33(24,30)31)10-11-20(19)32-22/h4-7,10-11,13,16-17H,3,8-9,12H2,1-2H3,(H,25,28)(H2,24,30,31)/t16-,17+/m0/s1. The van der Waals surface area contributed by atoms with Gasteiger partial charge in [0.05, 0.1) is 4.90 Å². The SMILES string of the molecule is CCNC(=O)[C@H]1CC[C@@H](N(C)C(=O)c2ccc(-c3nc4cc(S(N)(=O)=O)ccc4o3)cc2)C1. The maximum Gasteiger partial charge on any atom is 0.253 e. The summed E-state index contributed by atoms with van der Waals surface area (Å²) in [6.45, 7) is 2.50. The number of oxazole rings is 1. The molecule has 1 aromatic heterocycles. The predicted molar refractivity (Wildman–Crippen MR) is 123 cm³/mol. The largest absolute Gasteiger partial charge is 0.436 e. The molecule has 1 heterocycles. The van der Waals surface area contributed by atoms with Crippen LogP contribution in [0.5, 0.6) is 0 Å². The van der Waals surface area contributed by atoms with E-state index in [1.807, 2.05) is 6.92 Å². The van der Waals surface area contributed by atoms with Crippen molar-refractivity contribution in [1.29, 1.82) is 0 Å². The Morgan fingerprint density at radius 1 is 1.18 bits per heavy atom. The molecule has 4 rings (SSSR count). The van der Waals surface area contributed by atoms with Gasteiger partial charge >= 0.3 is 0 Å². The van der Waals surface area contributed by atoms with Crippen molar-refractivity contribution in [3.05, 3.63) is 48.0 Å². The van der Waals surface area contributed by atoms with Gasteiger partial charge in [-0.15, -0.1) is 0 Å². The number of carbonyl (C=O) groups is 2. The molecule has 1 saturated carbocycles. The molecule has 3 aromatic rings. The molecule has 3 N–H and O–H groups in total. The molecular weight excluding hydrogens is 444 g/mol. The van der Waals surface area contributed by atoms with Gasteiger partial charge in [0.15, 0.2) is 5.58 Å². The van der Waals surface area contributed by atoms with Crippen molar-refractivity contribution < 1.29 is 22.4 Å². The summed E-state index contributed by atoms with van der Waals surface area (Å²) in [5.74, 6) is 0.198. The maximum atomic E-state index is 13.0. The third kappa shape index (κ3) is 4.76. The molecule has 33 heavy (non-hydrogen) atoms. The third-order valence-electron chi connectivity index (χ3n) is 6.06. The number of aromatic nitrogens is 1. The molecule has 9 nitrogen and oxygen atoms in total. The average molecular weight is 471 g/mol. The highest BCUT2D eigenvalue weighted by atomic mass is 32.2. The molecule has 0 aliphatic heterocycles. The Morgan fingerprint density at radius 3 is 2.58 bits per heavy atom. The highest BCUT2D eigenvalue weighted by Crippen LogP contribution is 2.30. The fourth-order valence-corrected chi connectivity index (χ4v) is 4.73. The summed E-state index contributed by atoms with van der Waals surface area (Å²) in [7, 11) is -2.07. The van der Waals surface area contributed by atoms with Gasteiger partial charge in [0.25, 0.3) is 5.91 Å². The van der Waals surface area contributed by atoms with Crippen molar-refractivity contribution in [2.75, 3.05) is 13.6 Å². The molecule has 0 unspecified atom stereocenters. The maximum absolute atomic E-state index is 13.0. The van der Waals surface area contributed by atoms with Crippen LogP contribution in [0.15, 0.2) is 51.8 Å². The molecule has 2 amide bonds. The summed E-state index contributed by atoms with van der Waals surface area (Å²) in [6.07, 6.45) is 2.24. The molecule has 174 valence electrons. The Bertz CT molecular complexity index is 1300. The first-order valence-corrected chi connectivity index (χ1v) is 12.3. The van der Waals surface area contributed by atoms with E-state index in [0.29, 0.717) is 41.1 Å². The number of nitrogens with zero attached hydrogens (tertiary/aromatic N) is 2. The Morgan fingerprint density at radius 2 is 1.91 bits per heavy atom. The van der Waals surface area contributed by atoms with E-state index in [0.717, 1.165) is 12.8 Å². The van der Waals surface area contributed by atoms with E-state index >= 15 is 0 Å². The summed E-state index contributed by atoms with van der Waals surface area (Å²) in [4.78, 5) is 31.1. The van der Waals surface area contributed by atoms with Crippen molar-refractivity contribution in [2.45, 2.75) is 37.1 Å². The summed E-state index contributed by atoms with van der Waals surface area (Å²) in [6, 6.07) is 11.1. The quantitative estimate of drug-likeness (QED) is 0.568. The van der Waals surface area contributed by atoms with Crippen LogP contribution >= 0.6 is 0 Å². The zero-order valence-corrected chi connectivity index (χ0v) is 19.3. The molecule has 0 saturated heterocycles. The number of amides is 2. The van der Waals surface area contributed by atoms with Crippen LogP contribution in [-0.2, 0) is 14.8 Å². The smallest absolute Gasteiger partial charge is 0.253 e. The van der Waals surface area contributed by atoms with E-state index in [4.69, 9.17) is 9.56 Å². The second-order valence-electron chi connectivity index (χ2n) is 8.25. The number of rotatable bonds is 6. The number of nitrogens with one attached hydrogen (secondary N) is 1. The zero-order valence-electron chi connectivity index (χ0n) is 18.4. The first kappa shape index (κ1) is 22.9. The number of hydrogen-bond acceptors (Lipinski definition) is 6. The van der Waals surface area contributed by atoms with Gasteiger partial charge in [0.2, 0.25) is 21.8 Å². The van der Waals surface area contributed by atoms with E-state index in [1.165, 1.54) is 18.2 Å². The molecule has 1 aliphatic carbocycles. The molecule has 0 radical (unpaired) electrons. The van der Waals surface area contributed by atoms with Crippen LogP contribution in [-0.4, -0.2) is 49.8 Å². The molecule has 1 fully saturated rings. The van der Waals surface area contributed by atoms with Crippen LogP contribution in [0.4, 0.5) is 0 Å². The van der Waals surface area contributed by atoms with Crippen molar-refractivity contribution >= 4 is 32.9 Å². The molecule has 10 heteroatoms. The number of fused-ring (bicyclic) bond motifs is 1. The van der Waals surface area contributed by atoms with Gasteiger partial charge in [0, 0.05) is 36.7 Å². The van der Waals surface area contributed by atoms with Crippen molar-refractivity contribution in [2.24, 2.45) is 11.1 Å². The molecule has 0 bridgehead atoms. The van der Waals surface area contributed by atoms with Crippen molar-refractivity contribution in [3.63, 3.8) is 0 Å². The van der Waals surface area contributed by atoms with Crippen LogP contribution in [0, 0.1) is 5.92 Å². The molecule has 2 atom stereocenters. The number of nitrogens with two attached hydrogens (primary N) is 1. The number of benzene rings is 2. The lowest BCUT2D eigenvalue weighted by Crippen LogP contribution is -2.36. The van der Waals surface area contributed by atoms with E-state index in [9.17, 15) is 18.0 Å². The van der Waals surface area contributed by atoms with E-state index in [-0.39, 0.29) is 28.7 Å². The zero-order chi connectivity index (χ0) is 23.8. The van der Waals surface area contributed by atoms with Gasteiger partial charge in [-0.05, 0) is 68.7 Å². The van der Waals surface area contributed by atoms with Gasteiger partial charge in [-0.25, -0.2) is 18.5 Å². The van der Waals surface area contributed by atoms with Gasteiger partial charge in [-0.1, -0.05) is 0 Å². The first-order valence-electron chi connectivity index (χ1n) is 10.8. The van der Waals surface area contributed by atoms with Crippen LogP contribution in [0.3, 0.4) is 0 Å². The second kappa shape index (κ2) is 8.95. The number of hydrogen-bond donors (Lipinski definition) is 2. The van der Waals surface area contributed by atoms with Gasteiger partial charge in [-0.2, -0.15) is 0 Å². The van der Waals surface area contributed by atoms with E-state index < -0.39 is 10.0 Å². The minimum atomic E-state index is -3.84. The lowest BCUT2D eigenvalue weighted by molar-refractivity contribution is -0.124. The molecule has 2 aromatic carbocycles. The molecule has 1 aliphatic rings. The minimum Gasteiger partial charge on any atom is -0.436 e. The van der Waals surface area contributed by atoms with Gasteiger partial charge in [-0.3, -0.25) is 9.59 Å². The van der Waals surface area contributed by atoms with Crippen LogP contribution in [0.25, 0.3) is 22.6 Å². The van der Waals surface area contributed by atoms with Crippen LogP contribution in [0.1, 0.15) is 36.5 Å². The Labute approximate surface area is 192 Å². The molecule has 0 spiro atoms. The lowest BCUT2D eigenvalue weighted by atomic mass is 10.1. The normalized spacial score (nSPS) is 18.4. The third-order valence-corrected chi connectivity index (χ3v) is 6.97. The summed E-state index contributed by atoms with van der Waals surface area (Å²) in [5, 5.41) is 8.03. The van der Waals surface area contributed by atoms with Crippen molar-refractivity contribution in [1.82, 2.24) is 15.2 Å². The first-order chi connectivity index (χ1) is 15.7. The topological polar surface area (TPSA) is 136 Å². The summed E-state index contributed by atoms with van der Waals surface area (Å²) >= 11 is 0. The lowest BCUT2D eigenvalue weighted by Gasteiger charge is -2.25. The minimum absolute atomic E-state index is 0.0230. The van der Waals surface area contributed by atoms with Gasteiger partial charge < -0.3 is 14.6 Å². The predicted octanol–water partition coefficient (Wildman–Crippen LogP) is 2.52. The van der Waals surface area contributed by atoms with E-state index in [1.54, 1.807) is 36.2 Å². The van der Waals surface area contributed by atoms with Gasteiger partial charge in [0.1, 0.15) is 5.52 Å². The van der Waals surface area contributed by atoms with Crippen LogP contribution < -0.4 is 10.5 Å². The number of carbonyl (C=O) groups excluding carboxylic acids is 2. The number of sulfonamides is 1. The molecular formula is C23H26N4O5S.